The maximum Gasteiger partial charge on any atom is 0.407 e. The van der Waals surface area contributed by atoms with E-state index in [2.05, 4.69) is 21.3 Å². The fourth-order valence-electron chi connectivity index (χ4n) is 7.62. The van der Waals surface area contributed by atoms with Crippen LogP contribution in [0, 0.1) is 29.1 Å². The van der Waals surface area contributed by atoms with Crippen molar-refractivity contribution in [3.8, 4) is 0 Å². The lowest BCUT2D eigenvalue weighted by Crippen LogP contribution is -2.59. The number of hydrogen-bond donors (Lipinski definition) is 5. The molecule has 5 N–H and O–H groups in total. The van der Waals surface area contributed by atoms with Gasteiger partial charge in [-0.15, -0.1) is 0 Å². The van der Waals surface area contributed by atoms with Crippen LogP contribution in [0.4, 0.5) is 4.79 Å². The number of fused-ring (bicyclic) bond motifs is 1. The average molecular weight is 712 g/mol. The largest absolute Gasteiger partial charge is 0.479 e. The quantitative estimate of drug-likeness (QED) is 0.160. The van der Waals surface area contributed by atoms with Crippen molar-refractivity contribution in [3.05, 3.63) is 35.9 Å². The van der Waals surface area contributed by atoms with Crippen LogP contribution < -0.4 is 21.3 Å². The molecule has 5 amide bonds. The number of amides is 5. The van der Waals surface area contributed by atoms with E-state index < -0.39 is 66.3 Å². The molecule has 1 saturated heterocycles. The van der Waals surface area contributed by atoms with Crippen molar-refractivity contribution in [2.45, 2.75) is 104 Å². The van der Waals surface area contributed by atoms with E-state index in [0.29, 0.717) is 18.5 Å². The van der Waals surface area contributed by atoms with Gasteiger partial charge >= 0.3 is 12.1 Å². The Kier molecular flexibility index (Phi) is 13.2. The van der Waals surface area contributed by atoms with Crippen LogP contribution in [-0.4, -0.2) is 89.3 Å². The van der Waals surface area contributed by atoms with Crippen molar-refractivity contribution in [2.24, 2.45) is 29.1 Å². The van der Waals surface area contributed by atoms with Gasteiger partial charge < -0.3 is 36.0 Å². The van der Waals surface area contributed by atoms with Crippen LogP contribution in [0.1, 0.15) is 91.2 Å². The Morgan fingerprint density at radius 1 is 0.961 bits per heavy atom. The van der Waals surface area contributed by atoms with Crippen LogP contribution in [0.2, 0.25) is 0 Å². The van der Waals surface area contributed by atoms with Crippen molar-refractivity contribution < 1.29 is 43.4 Å². The number of piperidine rings is 1. The number of carbonyl (C=O) groups excluding carboxylic acids is 6. The van der Waals surface area contributed by atoms with E-state index in [1.54, 1.807) is 25.1 Å². The molecule has 14 nitrogen and oxygen atoms in total. The number of carbonyl (C=O) groups is 7. The van der Waals surface area contributed by atoms with E-state index in [9.17, 15) is 38.7 Å². The van der Waals surface area contributed by atoms with Crippen LogP contribution in [0.5, 0.6) is 0 Å². The molecule has 0 spiro atoms. The van der Waals surface area contributed by atoms with Crippen LogP contribution in [-0.2, 0) is 33.5 Å². The van der Waals surface area contributed by atoms with E-state index in [1.807, 2.05) is 27.7 Å². The summed E-state index contributed by atoms with van der Waals surface area (Å²) in [6.07, 6.45) is 4.31. The highest BCUT2D eigenvalue weighted by molar-refractivity contribution is 6.38. The highest BCUT2D eigenvalue weighted by Crippen LogP contribution is 2.65. The molecule has 2 saturated carbocycles. The molecule has 0 aromatic heterocycles. The molecule has 0 bridgehead atoms. The molecule has 14 heteroatoms. The third-order valence-corrected chi connectivity index (χ3v) is 10.5. The van der Waals surface area contributed by atoms with Gasteiger partial charge in [0.2, 0.25) is 23.5 Å². The lowest BCUT2D eigenvalue weighted by molar-refractivity contribution is -0.145. The van der Waals surface area contributed by atoms with Crippen LogP contribution in [0.3, 0.4) is 0 Å². The standard InChI is InChI=1S/C37H53N5O9/c1-6-13-25(31(44)33(46)38-18-26(43)40-29(35(48)49)23-16-11-8-12-17-23)39-32(45)30-27-24(37(27,4)5)19-42(30)34(47)28(22-14-9-7-10-15-22)41-36(50)51-20-21(2)3/h8,11-12,16-17,21-22,24-25,27-30H,6-7,9-10,13-15,18-20H2,1-5H3,(H,38,46)(H,39,45)(H,40,43)(H,41,50)(H,48,49)/t24-,25?,27-,28-,29-,30-/m0/s1. The van der Waals surface area contributed by atoms with Gasteiger partial charge in [0.15, 0.2) is 6.04 Å². The Hall–Kier alpha value is -4.49. The number of Topliss-reactive ketones (excluding diaryl/α,β-unsaturated/α-hetero) is 1. The summed E-state index contributed by atoms with van der Waals surface area (Å²) >= 11 is 0. The molecule has 1 heterocycles. The number of carboxylic acid groups (broad SMARTS) is 1. The number of alkyl carbamates (subject to hydrolysis) is 1. The summed E-state index contributed by atoms with van der Waals surface area (Å²) in [6.45, 7) is 9.55. The first-order valence-electron chi connectivity index (χ1n) is 18.1. The first kappa shape index (κ1) is 39.3. The third kappa shape index (κ3) is 9.65. The fraction of sp³-hybridized carbons (Fsp3) is 0.649. The van der Waals surface area contributed by atoms with Crippen molar-refractivity contribution in [2.75, 3.05) is 19.7 Å². The number of hydrogen-bond acceptors (Lipinski definition) is 8. The normalized spacial score (nSPS) is 22.5. The highest BCUT2D eigenvalue weighted by atomic mass is 16.5. The molecule has 0 radical (unpaired) electrons. The molecule has 1 aliphatic heterocycles. The van der Waals surface area contributed by atoms with Gasteiger partial charge in [-0.25, -0.2) is 9.59 Å². The number of carboxylic acids is 1. The van der Waals surface area contributed by atoms with Crippen LogP contribution in [0.25, 0.3) is 0 Å². The highest BCUT2D eigenvalue weighted by Gasteiger charge is 2.69. The lowest BCUT2D eigenvalue weighted by atomic mass is 9.83. The number of nitrogens with zero attached hydrogens (tertiary/aromatic N) is 1. The number of ether oxygens (including phenoxy) is 1. The zero-order chi connectivity index (χ0) is 37.5. The van der Waals surface area contributed by atoms with Gasteiger partial charge in [-0.2, -0.15) is 0 Å². The first-order chi connectivity index (χ1) is 24.2. The second kappa shape index (κ2) is 17.1. The van der Waals surface area contributed by atoms with E-state index in [1.165, 1.54) is 17.0 Å². The molecular weight excluding hydrogens is 658 g/mol. The van der Waals surface area contributed by atoms with Crippen molar-refractivity contribution in [1.29, 1.82) is 0 Å². The molecular formula is C37H53N5O9. The topological polar surface area (TPSA) is 200 Å². The predicted octanol–water partition coefficient (Wildman–Crippen LogP) is 2.71. The maximum atomic E-state index is 14.3. The third-order valence-electron chi connectivity index (χ3n) is 10.5. The van der Waals surface area contributed by atoms with Gasteiger partial charge in [-0.1, -0.05) is 90.6 Å². The molecule has 3 fully saturated rings. The maximum absolute atomic E-state index is 14.3. The van der Waals surface area contributed by atoms with E-state index in [4.69, 9.17) is 4.74 Å². The minimum Gasteiger partial charge on any atom is -0.479 e. The van der Waals surface area contributed by atoms with Gasteiger partial charge in [0.05, 0.1) is 19.2 Å². The molecule has 4 rings (SSSR count). The molecule has 2 aliphatic carbocycles. The SMILES string of the molecule is CCCC(NC(=O)[C@@H]1[C@@H]2[C@H](CN1C(=O)[C@@H](NC(=O)OCC(C)C)C1CCCCC1)C2(C)C)C(=O)C(=O)NCC(=O)N[C@H](C(=O)O)c1ccccc1. The Labute approximate surface area is 299 Å². The molecule has 51 heavy (non-hydrogen) atoms. The summed E-state index contributed by atoms with van der Waals surface area (Å²) < 4.78 is 5.36. The summed E-state index contributed by atoms with van der Waals surface area (Å²) in [7, 11) is 0. The zero-order valence-electron chi connectivity index (χ0n) is 30.2. The molecule has 1 aromatic carbocycles. The number of nitrogens with one attached hydrogen (secondary N) is 4. The second-order valence-corrected chi connectivity index (χ2v) is 15.0. The Morgan fingerprint density at radius 2 is 1.63 bits per heavy atom. The number of likely N-dealkylation sites (tertiary alicyclic amines) is 1. The Morgan fingerprint density at radius 3 is 2.24 bits per heavy atom. The van der Waals surface area contributed by atoms with E-state index in [-0.39, 0.29) is 48.0 Å². The predicted molar refractivity (Wildman–Crippen MR) is 186 cm³/mol. The van der Waals surface area contributed by atoms with Crippen molar-refractivity contribution in [1.82, 2.24) is 26.2 Å². The zero-order valence-corrected chi connectivity index (χ0v) is 30.2. The monoisotopic (exact) mass is 711 g/mol. The van der Waals surface area contributed by atoms with Crippen LogP contribution >= 0.6 is 0 Å². The molecule has 280 valence electrons. The average Bonchev–Trinajstić information content (AvgIpc) is 3.40. The second-order valence-electron chi connectivity index (χ2n) is 15.0. The Bertz CT molecular complexity index is 1460. The van der Waals surface area contributed by atoms with Crippen molar-refractivity contribution in [3.63, 3.8) is 0 Å². The van der Waals surface area contributed by atoms with Crippen molar-refractivity contribution >= 4 is 41.5 Å². The first-order valence-corrected chi connectivity index (χ1v) is 18.1. The van der Waals surface area contributed by atoms with E-state index in [0.717, 1.165) is 32.1 Å². The molecule has 1 aromatic rings. The molecule has 3 aliphatic rings. The Balaban J connectivity index is 1.44. The summed E-state index contributed by atoms with van der Waals surface area (Å²) in [4.78, 5) is 93.3. The lowest BCUT2D eigenvalue weighted by Gasteiger charge is -2.37. The van der Waals surface area contributed by atoms with Gasteiger partial charge in [0.25, 0.3) is 5.91 Å². The van der Waals surface area contributed by atoms with Gasteiger partial charge in [0.1, 0.15) is 12.1 Å². The summed E-state index contributed by atoms with van der Waals surface area (Å²) in [5.74, 6) is -5.24. The number of rotatable bonds is 16. The van der Waals surface area contributed by atoms with E-state index >= 15 is 0 Å². The summed E-state index contributed by atoms with van der Waals surface area (Å²) in [6, 6.07) is 3.67. The molecule has 1 unspecified atom stereocenters. The summed E-state index contributed by atoms with van der Waals surface area (Å²) in [5, 5.41) is 19.7. The van der Waals surface area contributed by atoms with Crippen LogP contribution in [0.15, 0.2) is 30.3 Å². The molecule has 6 atom stereocenters. The minimum atomic E-state index is -1.36. The number of aliphatic carboxylic acids is 1. The fourth-order valence-corrected chi connectivity index (χ4v) is 7.62. The van der Waals surface area contributed by atoms with Gasteiger partial charge in [0, 0.05) is 6.54 Å². The smallest absolute Gasteiger partial charge is 0.407 e. The van der Waals surface area contributed by atoms with Gasteiger partial charge in [-0.3, -0.25) is 24.0 Å². The number of ketones is 1. The van der Waals surface area contributed by atoms with Gasteiger partial charge in [-0.05, 0) is 53.9 Å². The number of benzene rings is 1. The minimum absolute atomic E-state index is 0.0461. The summed E-state index contributed by atoms with van der Waals surface area (Å²) in [5.41, 5.74) is 0.101.